The topological polar surface area (TPSA) is 95.7 Å². The maximum Gasteiger partial charge on any atom is 0.435 e. The zero-order valence-corrected chi connectivity index (χ0v) is 14.0. The molecule has 1 saturated heterocycles. The van der Waals surface area contributed by atoms with Crippen LogP contribution in [-0.4, -0.2) is 55.5 Å². The van der Waals surface area contributed by atoms with E-state index < -0.39 is 29.3 Å². The van der Waals surface area contributed by atoms with E-state index >= 15 is 0 Å². The van der Waals surface area contributed by atoms with Crippen LogP contribution in [0.4, 0.5) is 13.2 Å². The van der Waals surface area contributed by atoms with Gasteiger partial charge in [0.1, 0.15) is 0 Å². The number of rotatable bonds is 3. The predicted molar refractivity (Wildman–Crippen MR) is 86.3 cm³/mol. The van der Waals surface area contributed by atoms with Gasteiger partial charge in [-0.1, -0.05) is 6.07 Å². The van der Waals surface area contributed by atoms with Gasteiger partial charge in [0.15, 0.2) is 11.3 Å². The molecular formula is C17H16F3N3O4. The molecule has 0 bridgehead atoms. The fourth-order valence-corrected chi connectivity index (χ4v) is 2.88. The largest absolute Gasteiger partial charge is 0.479 e. The molecule has 0 unspecified atom stereocenters. The lowest BCUT2D eigenvalue weighted by Gasteiger charge is -2.35. The number of hydrogen-bond donors (Lipinski definition) is 2. The van der Waals surface area contributed by atoms with Crippen molar-refractivity contribution in [3.63, 3.8) is 0 Å². The number of hydrogen-bond acceptors (Lipinski definition) is 4. The lowest BCUT2D eigenvalue weighted by Crippen LogP contribution is -2.50. The molecule has 1 aliphatic rings. The molecule has 2 N–H and O–H groups in total. The van der Waals surface area contributed by atoms with Gasteiger partial charge in [-0.25, -0.2) is 9.48 Å². The van der Waals surface area contributed by atoms with Crippen molar-refractivity contribution < 1.29 is 33.0 Å². The van der Waals surface area contributed by atoms with Crippen molar-refractivity contribution in [1.29, 1.82) is 0 Å². The Morgan fingerprint density at radius 2 is 1.81 bits per heavy atom. The Labute approximate surface area is 151 Å². The van der Waals surface area contributed by atoms with E-state index in [1.807, 2.05) is 0 Å². The average molecular weight is 383 g/mol. The number of aromatic nitrogens is 2. The molecule has 144 valence electrons. The van der Waals surface area contributed by atoms with Crippen LogP contribution in [0, 0.1) is 0 Å². The van der Waals surface area contributed by atoms with Crippen LogP contribution in [0.1, 0.15) is 28.9 Å². The normalized spacial score (nSPS) is 17.0. The highest BCUT2D eigenvalue weighted by Crippen LogP contribution is 2.28. The van der Waals surface area contributed by atoms with Crippen LogP contribution < -0.4 is 0 Å². The van der Waals surface area contributed by atoms with Crippen molar-refractivity contribution in [3.05, 3.63) is 47.8 Å². The second-order valence-corrected chi connectivity index (χ2v) is 6.32. The Morgan fingerprint density at radius 3 is 2.37 bits per heavy atom. The van der Waals surface area contributed by atoms with Crippen LogP contribution in [0.2, 0.25) is 0 Å². The van der Waals surface area contributed by atoms with E-state index in [9.17, 15) is 27.9 Å². The van der Waals surface area contributed by atoms with E-state index in [2.05, 4.69) is 5.10 Å². The molecule has 0 radical (unpaired) electrons. The van der Waals surface area contributed by atoms with Gasteiger partial charge in [0.2, 0.25) is 0 Å². The van der Waals surface area contributed by atoms with Gasteiger partial charge in [-0.05, 0) is 24.3 Å². The SMILES string of the molecule is O=C(c1cccc(-n2ccc(C(F)(F)F)n2)c1)N1CCC(O)(C(=O)O)CC1. The number of aliphatic hydroxyl groups is 1. The quantitative estimate of drug-likeness (QED) is 0.845. The molecule has 1 aliphatic heterocycles. The van der Waals surface area contributed by atoms with Crippen molar-refractivity contribution in [2.24, 2.45) is 0 Å². The highest BCUT2D eigenvalue weighted by Gasteiger charge is 2.40. The zero-order valence-electron chi connectivity index (χ0n) is 14.0. The fraction of sp³-hybridized carbons (Fsp3) is 0.353. The van der Waals surface area contributed by atoms with Gasteiger partial charge >= 0.3 is 12.1 Å². The molecule has 1 fully saturated rings. The summed E-state index contributed by atoms with van der Waals surface area (Å²) in [4.78, 5) is 25.1. The minimum Gasteiger partial charge on any atom is -0.479 e. The number of piperidine rings is 1. The number of carbonyl (C=O) groups is 2. The van der Waals surface area contributed by atoms with Crippen molar-refractivity contribution in [2.45, 2.75) is 24.6 Å². The van der Waals surface area contributed by atoms with Crippen LogP contribution in [0.25, 0.3) is 5.69 Å². The Morgan fingerprint density at radius 1 is 1.15 bits per heavy atom. The number of amides is 1. The zero-order chi connectivity index (χ0) is 19.8. The van der Waals surface area contributed by atoms with Gasteiger partial charge in [-0.2, -0.15) is 18.3 Å². The maximum atomic E-state index is 12.7. The number of carboxylic acid groups (broad SMARTS) is 1. The van der Waals surface area contributed by atoms with Crippen molar-refractivity contribution in [1.82, 2.24) is 14.7 Å². The van der Waals surface area contributed by atoms with Gasteiger partial charge < -0.3 is 15.1 Å². The van der Waals surface area contributed by atoms with Gasteiger partial charge in [0.25, 0.3) is 5.91 Å². The lowest BCUT2D eigenvalue weighted by molar-refractivity contribution is -0.162. The number of carbonyl (C=O) groups excluding carboxylic acids is 1. The summed E-state index contributed by atoms with van der Waals surface area (Å²) in [5.74, 6) is -1.72. The lowest BCUT2D eigenvalue weighted by atomic mass is 9.91. The molecule has 0 saturated carbocycles. The molecule has 0 aliphatic carbocycles. The van der Waals surface area contributed by atoms with E-state index in [0.717, 1.165) is 16.9 Å². The van der Waals surface area contributed by atoms with E-state index in [-0.39, 0.29) is 37.2 Å². The summed E-state index contributed by atoms with van der Waals surface area (Å²) in [5.41, 5.74) is -2.36. The summed E-state index contributed by atoms with van der Waals surface area (Å²) in [6.07, 6.45) is -3.60. The number of carboxylic acids is 1. The highest BCUT2D eigenvalue weighted by atomic mass is 19.4. The number of nitrogens with zero attached hydrogens (tertiary/aromatic N) is 3. The molecule has 0 spiro atoms. The maximum absolute atomic E-state index is 12.7. The number of halogens is 3. The molecule has 7 nitrogen and oxygen atoms in total. The summed E-state index contributed by atoms with van der Waals surface area (Å²) in [6, 6.07) is 6.80. The number of likely N-dealkylation sites (tertiary alicyclic amines) is 1. The molecule has 1 amide bonds. The van der Waals surface area contributed by atoms with Gasteiger partial charge in [0.05, 0.1) is 5.69 Å². The minimum atomic E-state index is -4.56. The second kappa shape index (κ2) is 6.69. The summed E-state index contributed by atoms with van der Waals surface area (Å²) in [7, 11) is 0. The fourth-order valence-electron chi connectivity index (χ4n) is 2.88. The van der Waals surface area contributed by atoms with Crippen molar-refractivity contribution in [3.8, 4) is 5.69 Å². The summed E-state index contributed by atoms with van der Waals surface area (Å²) in [6.45, 7) is 0.123. The molecule has 1 aromatic carbocycles. The van der Waals surface area contributed by atoms with E-state index in [4.69, 9.17) is 5.11 Å². The molecule has 0 atom stereocenters. The Kier molecular flexibility index (Phi) is 4.68. The Bertz CT molecular complexity index is 870. The van der Waals surface area contributed by atoms with Gasteiger partial charge in [-0.3, -0.25) is 4.79 Å². The molecule has 2 heterocycles. The number of alkyl halides is 3. The van der Waals surface area contributed by atoms with Crippen LogP contribution in [0.5, 0.6) is 0 Å². The highest BCUT2D eigenvalue weighted by molar-refractivity contribution is 5.95. The van der Waals surface area contributed by atoms with E-state index in [1.54, 1.807) is 0 Å². The summed E-state index contributed by atoms with van der Waals surface area (Å²) < 4.78 is 39.1. The average Bonchev–Trinajstić information content (AvgIpc) is 3.12. The van der Waals surface area contributed by atoms with E-state index in [0.29, 0.717) is 0 Å². The molecular weight excluding hydrogens is 367 g/mol. The molecule has 10 heteroatoms. The predicted octanol–water partition coefficient (Wildman–Crippen LogP) is 1.94. The van der Waals surface area contributed by atoms with Gasteiger partial charge in [0, 0.05) is 37.7 Å². The number of aliphatic carboxylic acids is 1. The first-order valence-electron chi connectivity index (χ1n) is 8.08. The van der Waals surface area contributed by atoms with Crippen LogP contribution in [-0.2, 0) is 11.0 Å². The molecule has 27 heavy (non-hydrogen) atoms. The second-order valence-electron chi connectivity index (χ2n) is 6.32. The molecule has 3 rings (SSSR count). The first kappa shape index (κ1) is 18.9. The molecule has 1 aromatic heterocycles. The van der Waals surface area contributed by atoms with Crippen LogP contribution in [0.3, 0.4) is 0 Å². The van der Waals surface area contributed by atoms with Crippen LogP contribution >= 0.6 is 0 Å². The third kappa shape index (κ3) is 3.80. The summed E-state index contributed by atoms with van der Waals surface area (Å²) >= 11 is 0. The van der Waals surface area contributed by atoms with E-state index in [1.165, 1.54) is 29.2 Å². The Hall–Kier alpha value is -2.88. The third-order valence-corrected chi connectivity index (χ3v) is 4.51. The van der Waals surface area contributed by atoms with Crippen molar-refractivity contribution in [2.75, 3.05) is 13.1 Å². The standard InChI is InChI=1S/C17H16F3N3O4/c18-17(19,20)13-4-7-23(21-13)12-3-1-2-11(10-12)14(24)22-8-5-16(27,6-9-22)15(25)26/h1-4,7,10,27H,5-6,8-9H2,(H,25,26). The molecule has 2 aromatic rings. The monoisotopic (exact) mass is 383 g/mol. The van der Waals surface area contributed by atoms with Gasteiger partial charge in [-0.15, -0.1) is 0 Å². The Balaban J connectivity index is 1.77. The third-order valence-electron chi connectivity index (χ3n) is 4.51. The summed E-state index contributed by atoms with van der Waals surface area (Å²) in [5, 5.41) is 22.4. The van der Waals surface area contributed by atoms with Crippen LogP contribution in [0.15, 0.2) is 36.5 Å². The first-order chi connectivity index (χ1) is 12.6. The van der Waals surface area contributed by atoms with Crippen molar-refractivity contribution >= 4 is 11.9 Å². The minimum absolute atomic E-state index is 0.0614. The number of benzene rings is 1. The first-order valence-corrected chi connectivity index (χ1v) is 8.08. The smallest absolute Gasteiger partial charge is 0.435 e.